The van der Waals surface area contributed by atoms with E-state index in [0.717, 1.165) is 17.3 Å². The number of nitrogens with one attached hydrogen (secondary N) is 10. The maximum absolute atomic E-state index is 14.7. The van der Waals surface area contributed by atoms with E-state index in [2.05, 4.69) is 87.7 Å². The number of H-pyrrole nitrogens is 2. The molecule has 0 aliphatic rings. The molecule has 0 saturated heterocycles. The number of hydrogen-bond acceptors (Lipinski definition) is 13. The number of rotatable bonds is 31. The Morgan fingerprint density at radius 2 is 1.19 bits per heavy atom. The van der Waals surface area contributed by atoms with Gasteiger partial charge >= 0.3 is 0 Å². The third kappa shape index (κ3) is 20.1. The first-order valence-electron chi connectivity index (χ1n) is 25.1. The quantitative estimate of drug-likeness (QED) is 0.0128. The predicted molar refractivity (Wildman–Crippen MR) is 297 cm³/mol. The zero-order valence-corrected chi connectivity index (χ0v) is 45.6. The van der Waals surface area contributed by atoms with Gasteiger partial charge in [-0.1, -0.05) is 68.3 Å². The van der Waals surface area contributed by atoms with Crippen LogP contribution in [-0.4, -0.2) is 139 Å². The Morgan fingerprint density at radius 3 is 1.78 bits per heavy atom. The lowest BCUT2D eigenvalue weighted by atomic mass is 10.00. The van der Waals surface area contributed by atoms with Crippen molar-refractivity contribution in [1.29, 1.82) is 0 Å². The molecular formula is C51H73N15O9S2. The smallest absolute Gasteiger partial charge is 0.244 e. The molecule has 77 heavy (non-hydrogen) atoms. The SMILES string of the molecule is CCCC[C@H](NC(C)=O)C(=O)N[C@H](C(=O)N[C@H](C)C(=O)N[C@@H](Cc1cnc[nH]1)C(=O)N[C@H](Cc1ccccc1)C(=O)N[C@@H](CCCN=C(N)N)C(=O)N[C@@H](Cc1c[nH]c2ccccc12)C(=O)N[C@@H](CS)C(N)=O)C(C)(C)S. The number of guanidine groups is 1. The molecule has 0 saturated carbocycles. The largest absolute Gasteiger partial charge is 0.370 e. The number of primary amides is 1. The number of thiol groups is 2. The van der Waals surface area contributed by atoms with Crippen LogP contribution in [0, 0.1) is 0 Å². The molecule has 0 aliphatic heterocycles. The second-order valence-corrected chi connectivity index (χ2v) is 20.6. The van der Waals surface area contributed by atoms with Crippen LogP contribution in [0.15, 0.2) is 78.3 Å². The third-order valence-corrected chi connectivity index (χ3v) is 12.9. The van der Waals surface area contributed by atoms with E-state index in [1.807, 2.05) is 31.2 Å². The first-order chi connectivity index (χ1) is 36.5. The van der Waals surface area contributed by atoms with Gasteiger partial charge in [0.1, 0.15) is 48.3 Å². The average Bonchev–Trinajstić information content (AvgIpc) is 4.06. The molecule has 2 aromatic carbocycles. The fourth-order valence-corrected chi connectivity index (χ4v) is 8.52. The highest BCUT2D eigenvalue weighted by Gasteiger charge is 2.38. The molecule has 4 aromatic rings. The summed E-state index contributed by atoms with van der Waals surface area (Å²) in [5.74, 6) is -7.05. The Balaban J connectivity index is 1.62. The van der Waals surface area contributed by atoms with Crippen molar-refractivity contribution in [2.24, 2.45) is 22.2 Å². The molecule has 24 nitrogen and oxygen atoms in total. The van der Waals surface area contributed by atoms with Gasteiger partial charge in [-0.15, -0.1) is 0 Å². The van der Waals surface area contributed by atoms with Crippen LogP contribution < -0.4 is 59.7 Å². The molecule has 8 atom stereocenters. The molecule has 0 unspecified atom stereocenters. The number of para-hydroxylation sites is 1. The molecular weight excluding hydrogens is 1030 g/mol. The highest BCUT2D eigenvalue weighted by Crippen LogP contribution is 2.21. The van der Waals surface area contributed by atoms with Gasteiger partial charge in [0.25, 0.3) is 0 Å². The number of imidazole rings is 1. The molecule has 16 N–H and O–H groups in total. The minimum absolute atomic E-state index is 0.0569. The number of unbranched alkanes of at least 4 members (excludes halogenated alkanes) is 1. The van der Waals surface area contributed by atoms with E-state index in [0.29, 0.717) is 29.7 Å². The minimum atomic E-state index is -1.40. The van der Waals surface area contributed by atoms with Crippen LogP contribution in [0.5, 0.6) is 0 Å². The average molecular weight is 1100 g/mol. The van der Waals surface area contributed by atoms with Gasteiger partial charge < -0.3 is 69.7 Å². The zero-order valence-electron chi connectivity index (χ0n) is 43.8. The van der Waals surface area contributed by atoms with Crippen molar-refractivity contribution in [3.05, 3.63) is 90.1 Å². The van der Waals surface area contributed by atoms with Crippen LogP contribution >= 0.6 is 25.3 Å². The second-order valence-electron chi connectivity index (χ2n) is 19.1. The van der Waals surface area contributed by atoms with E-state index in [1.54, 1.807) is 50.4 Å². The lowest BCUT2D eigenvalue weighted by Gasteiger charge is -2.32. The highest BCUT2D eigenvalue weighted by molar-refractivity contribution is 7.81. The van der Waals surface area contributed by atoms with Crippen molar-refractivity contribution >= 4 is 95.3 Å². The fourth-order valence-electron chi connectivity index (χ4n) is 8.07. The predicted octanol–water partition coefficient (Wildman–Crippen LogP) is -0.796. The first kappa shape index (κ1) is 61.9. The first-order valence-corrected chi connectivity index (χ1v) is 26.2. The number of nitrogens with zero attached hydrogens (tertiary/aromatic N) is 2. The molecule has 0 radical (unpaired) electrons. The normalized spacial score (nSPS) is 14.4. The molecule has 418 valence electrons. The molecule has 4 rings (SSSR count). The summed E-state index contributed by atoms with van der Waals surface area (Å²) < 4.78 is -1.17. The molecule has 2 aromatic heterocycles. The van der Waals surface area contributed by atoms with E-state index >= 15 is 0 Å². The highest BCUT2D eigenvalue weighted by atomic mass is 32.1. The Hall–Kier alpha value is -7.61. The van der Waals surface area contributed by atoms with Crippen LogP contribution in [0.2, 0.25) is 0 Å². The molecule has 0 spiro atoms. The van der Waals surface area contributed by atoms with Crippen molar-refractivity contribution in [3.63, 3.8) is 0 Å². The molecule has 2 heterocycles. The van der Waals surface area contributed by atoms with E-state index in [-0.39, 0.29) is 50.4 Å². The lowest BCUT2D eigenvalue weighted by molar-refractivity contribution is -0.135. The molecule has 0 bridgehead atoms. The number of amides is 9. The van der Waals surface area contributed by atoms with Gasteiger partial charge in [-0.2, -0.15) is 25.3 Å². The van der Waals surface area contributed by atoms with Gasteiger partial charge in [-0.05, 0) is 57.2 Å². The third-order valence-electron chi connectivity index (χ3n) is 12.2. The number of fused-ring (bicyclic) bond motifs is 1. The van der Waals surface area contributed by atoms with Gasteiger partial charge in [-0.25, -0.2) is 4.98 Å². The van der Waals surface area contributed by atoms with Gasteiger partial charge in [-0.3, -0.25) is 48.1 Å². The maximum Gasteiger partial charge on any atom is 0.244 e. The monoisotopic (exact) mass is 1100 g/mol. The summed E-state index contributed by atoms with van der Waals surface area (Å²) in [7, 11) is 0. The van der Waals surface area contributed by atoms with Crippen molar-refractivity contribution in [2.75, 3.05) is 12.3 Å². The summed E-state index contributed by atoms with van der Waals surface area (Å²) in [5.41, 5.74) is 19.1. The summed E-state index contributed by atoms with van der Waals surface area (Å²) in [6.45, 7) is 7.82. The van der Waals surface area contributed by atoms with Crippen molar-refractivity contribution < 1.29 is 43.2 Å². The Morgan fingerprint density at radius 1 is 0.649 bits per heavy atom. The Kier molecular flexibility index (Phi) is 24.3. The molecule has 0 fully saturated rings. The summed E-state index contributed by atoms with van der Waals surface area (Å²) in [5, 5.41) is 22.1. The molecule has 0 aliphatic carbocycles. The number of aromatic amines is 2. The van der Waals surface area contributed by atoms with Crippen molar-refractivity contribution in [3.8, 4) is 0 Å². The number of carbonyl (C=O) groups is 9. The van der Waals surface area contributed by atoms with Crippen LogP contribution in [0.3, 0.4) is 0 Å². The van der Waals surface area contributed by atoms with E-state index in [4.69, 9.17) is 17.2 Å². The van der Waals surface area contributed by atoms with Gasteiger partial charge in [0.15, 0.2) is 5.96 Å². The summed E-state index contributed by atoms with van der Waals surface area (Å²) in [6, 6.07) is 5.82. The number of aliphatic imine (C=N–C) groups is 1. The second kappa shape index (κ2) is 30.2. The van der Waals surface area contributed by atoms with Gasteiger partial charge in [0, 0.05) is 72.2 Å². The van der Waals surface area contributed by atoms with Gasteiger partial charge in [0.2, 0.25) is 53.2 Å². The fraction of sp³-hybridized carbons (Fsp3) is 0.471. The van der Waals surface area contributed by atoms with Crippen molar-refractivity contribution in [1.82, 2.24) is 57.5 Å². The lowest BCUT2D eigenvalue weighted by Crippen LogP contribution is -2.62. The van der Waals surface area contributed by atoms with E-state index < -0.39 is 106 Å². The van der Waals surface area contributed by atoms with Crippen molar-refractivity contribution in [2.45, 2.75) is 139 Å². The maximum atomic E-state index is 14.7. The Bertz CT molecular complexity index is 2680. The van der Waals surface area contributed by atoms with E-state index in [1.165, 1.54) is 26.4 Å². The van der Waals surface area contributed by atoms with E-state index in [9.17, 15) is 43.2 Å². The summed E-state index contributed by atoms with van der Waals surface area (Å²) in [6.07, 6.45) is 5.96. The van der Waals surface area contributed by atoms with Crippen LogP contribution in [0.1, 0.15) is 83.5 Å². The number of nitrogens with two attached hydrogens (primary N) is 3. The molecule has 9 amide bonds. The summed E-state index contributed by atoms with van der Waals surface area (Å²) >= 11 is 8.72. The van der Waals surface area contributed by atoms with Crippen LogP contribution in [-0.2, 0) is 62.4 Å². The molecule has 26 heteroatoms. The van der Waals surface area contributed by atoms with Crippen LogP contribution in [0.4, 0.5) is 0 Å². The number of aromatic nitrogens is 3. The number of carbonyl (C=O) groups excluding carboxylic acids is 9. The minimum Gasteiger partial charge on any atom is -0.370 e. The van der Waals surface area contributed by atoms with Gasteiger partial charge in [0.05, 0.1) is 6.33 Å². The standard InChI is InChI=1S/C51H73N15O9S2/c1-6-7-17-35(60-29(3)67)45(71)66-41(51(4,5)77)49(75)59-28(2)43(69)62-39(23-32-25-55-27-58-32)48(74)63-37(21-30-14-9-8-10-15-30)46(72)61-36(19-13-20-56-50(53)54)44(70)64-38(47(73)65-40(26-76)42(52)68)22-31-24-57-34-18-12-11-16-33(31)34/h8-12,14-16,18,24-25,27-28,35-41,57,76-77H,6-7,13,17,19-23,26H2,1-5H3,(H2,52,68)(H,55,58)(H,59,75)(H,60,67)(H,61,72)(H,62,69)(H,63,74)(H,64,70)(H,65,73)(H,66,71)(H4,53,54,56)/t28-,35+,36+,37-,38+,39+,40+,41-/m1/s1. The van der Waals surface area contributed by atoms with Crippen LogP contribution in [0.25, 0.3) is 10.9 Å². The number of hydrogen-bond donors (Lipinski definition) is 15. The topological polar surface area (TPSA) is 385 Å². The zero-order chi connectivity index (χ0) is 56.8. The number of benzene rings is 2. The summed E-state index contributed by atoms with van der Waals surface area (Å²) in [4.78, 5) is 137. The Labute approximate surface area is 457 Å².